The van der Waals surface area contributed by atoms with Gasteiger partial charge in [-0.25, -0.2) is 4.79 Å². The van der Waals surface area contributed by atoms with Crippen LogP contribution in [-0.2, 0) is 0 Å². The molecule has 8 heteroatoms. The number of fused-ring (bicyclic) bond motifs is 1. The number of para-hydroxylation sites is 1. The number of likely N-dealkylation sites (tertiary alicyclic amines) is 1. The van der Waals surface area contributed by atoms with Crippen LogP contribution in [0.2, 0.25) is 0 Å². The van der Waals surface area contributed by atoms with Crippen LogP contribution in [0.5, 0.6) is 0 Å². The van der Waals surface area contributed by atoms with Gasteiger partial charge in [-0.1, -0.05) is 29.5 Å². The Balaban J connectivity index is 1.39. The van der Waals surface area contributed by atoms with Crippen molar-refractivity contribution in [1.82, 2.24) is 20.0 Å². The number of carbonyl (C=O) groups is 1. The third-order valence-electron chi connectivity index (χ3n) is 4.88. The zero-order chi connectivity index (χ0) is 18.8. The maximum Gasteiger partial charge on any atom is 0.323 e. The van der Waals surface area contributed by atoms with Gasteiger partial charge in [-0.05, 0) is 44.5 Å². The third-order valence-corrected chi connectivity index (χ3v) is 5.73. The maximum atomic E-state index is 12.5. The number of carbonyl (C=O) groups excluding carboxylic acids is 1. The Kier molecular flexibility index (Phi) is 5.09. The first kappa shape index (κ1) is 17.9. The van der Waals surface area contributed by atoms with Crippen molar-refractivity contribution in [3.63, 3.8) is 0 Å². The number of benzene rings is 1. The summed E-state index contributed by atoms with van der Waals surface area (Å²) in [5.74, 6) is 1.17. The summed E-state index contributed by atoms with van der Waals surface area (Å²) in [4.78, 5) is 16.5. The van der Waals surface area contributed by atoms with Crippen molar-refractivity contribution in [2.45, 2.75) is 12.8 Å². The Morgan fingerprint density at radius 3 is 3.07 bits per heavy atom. The monoisotopic (exact) mass is 385 g/mol. The molecule has 1 aromatic carbocycles. The van der Waals surface area contributed by atoms with Crippen LogP contribution in [-0.4, -0.2) is 59.8 Å². The molecule has 27 heavy (non-hydrogen) atoms. The van der Waals surface area contributed by atoms with Gasteiger partial charge in [0.15, 0.2) is 10.8 Å². The second kappa shape index (κ2) is 7.66. The maximum absolute atomic E-state index is 12.5. The van der Waals surface area contributed by atoms with Crippen LogP contribution >= 0.6 is 11.3 Å². The Morgan fingerprint density at radius 2 is 2.26 bits per heavy atom. The molecule has 2 amide bonds. The number of nitrogens with one attached hydrogen (secondary N) is 1. The summed E-state index contributed by atoms with van der Waals surface area (Å²) in [5, 5.41) is 13.2. The summed E-state index contributed by atoms with van der Waals surface area (Å²) in [6.45, 7) is 2.92. The molecule has 1 aliphatic heterocycles. The Labute approximate surface area is 162 Å². The number of amides is 2. The van der Waals surface area contributed by atoms with Crippen LogP contribution < -0.4 is 5.32 Å². The average Bonchev–Trinajstić information content (AvgIpc) is 3.28. The zero-order valence-electron chi connectivity index (χ0n) is 15.5. The molecule has 1 atom stereocenters. The van der Waals surface area contributed by atoms with E-state index in [1.807, 2.05) is 37.4 Å². The molecule has 7 nitrogen and oxygen atoms in total. The number of hydrogen-bond donors (Lipinski definition) is 1. The van der Waals surface area contributed by atoms with Crippen molar-refractivity contribution >= 4 is 33.5 Å². The first-order valence-electron chi connectivity index (χ1n) is 9.11. The molecule has 1 saturated heterocycles. The van der Waals surface area contributed by atoms with Gasteiger partial charge >= 0.3 is 6.03 Å². The van der Waals surface area contributed by atoms with E-state index >= 15 is 0 Å². The number of hydrogen-bond acceptors (Lipinski definition) is 6. The van der Waals surface area contributed by atoms with Crippen molar-refractivity contribution in [3.05, 3.63) is 30.3 Å². The number of urea groups is 1. The van der Waals surface area contributed by atoms with Gasteiger partial charge in [0.05, 0.1) is 0 Å². The molecule has 0 spiro atoms. The molecular weight excluding hydrogens is 362 g/mol. The van der Waals surface area contributed by atoms with Gasteiger partial charge in [0.25, 0.3) is 0 Å². The predicted molar refractivity (Wildman–Crippen MR) is 107 cm³/mol. The van der Waals surface area contributed by atoms with Gasteiger partial charge in [-0.15, -0.1) is 10.2 Å². The van der Waals surface area contributed by atoms with Crippen molar-refractivity contribution < 1.29 is 9.21 Å². The molecule has 0 radical (unpaired) electrons. The Bertz CT molecular complexity index is 904. The minimum absolute atomic E-state index is 0.157. The van der Waals surface area contributed by atoms with Crippen molar-refractivity contribution in [2.24, 2.45) is 5.92 Å². The molecule has 142 valence electrons. The largest absolute Gasteiger partial charge is 0.453 e. The van der Waals surface area contributed by atoms with E-state index in [0.29, 0.717) is 21.8 Å². The lowest BCUT2D eigenvalue weighted by Gasteiger charge is -2.32. The summed E-state index contributed by atoms with van der Waals surface area (Å²) >= 11 is 1.31. The van der Waals surface area contributed by atoms with E-state index in [2.05, 4.69) is 27.5 Å². The molecule has 3 aromatic rings. The van der Waals surface area contributed by atoms with E-state index in [4.69, 9.17) is 4.42 Å². The molecule has 0 bridgehead atoms. The summed E-state index contributed by atoms with van der Waals surface area (Å²) in [6.07, 6.45) is 2.35. The molecule has 4 rings (SSSR count). The third kappa shape index (κ3) is 4.12. The van der Waals surface area contributed by atoms with Gasteiger partial charge in [-0.2, -0.15) is 0 Å². The predicted octanol–water partition coefficient (Wildman–Crippen LogP) is 3.76. The number of furan rings is 1. The number of aromatic nitrogens is 2. The highest BCUT2D eigenvalue weighted by Crippen LogP contribution is 2.31. The fourth-order valence-corrected chi connectivity index (χ4v) is 4.23. The summed E-state index contributed by atoms with van der Waals surface area (Å²) < 4.78 is 5.81. The molecule has 3 heterocycles. The number of anilines is 1. The summed E-state index contributed by atoms with van der Waals surface area (Å²) in [7, 11) is 3.96. The Hall–Kier alpha value is -2.45. The molecule has 0 aliphatic carbocycles. The standard InChI is InChI=1S/C19H23N5O2S/c1-23-9-5-6-13(11-23)12-24(2)19(25)20-18-22-21-17(27-18)16-10-14-7-3-4-8-15(14)26-16/h3-4,7-8,10,13H,5-6,9,11-12H2,1-2H3,(H,20,22,25). The molecule has 1 N–H and O–H groups in total. The lowest BCUT2D eigenvalue weighted by Crippen LogP contribution is -2.41. The van der Waals surface area contributed by atoms with Crippen LogP contribution in [0.4, 0.5) is 9.93 Å². The van der Waals surface area contributed by atoms with Crippen molar-refractivity contribution in [3.8, 4) is 10.8 Å². The van der Waals surface area contributed by atoms with Crippen LogP contribution in [0.1, 0.15) is 12.8 Å². The summed E-state index contributed by atoms with van der Waals surface area (Å²) in [6, 6.07) is 9.58. The van der Waals surface area contributed by atoms with E-state index in [-0.39, 0.29) is 6.03 Å². The van der Waals surface area contributed by atoms with Gasteiger partial charge in [-0.3, -0.25) is 5.32 Å². The van der Waals surface area contributed by atoms with Crippen LogP contribution in [0.15, 0.2) is 34.7 Å². The molecule has 1 fully saturated rings. The van der Waals surface area contributed by atoms with Crippen LogP contribution in [0.3, 0.4) is 0 Å². The van der Waals surface area contributed by atoms with Crippen LogP contribution in [0.25, 0.3) is 21.7 Å². The lowest BCUT2D eigenvalue weighted by molar-refractivity contribution is 0.170. The lowest BCUT2D eigenvalue weighted by atomic mass is 9.98. The number of nitrogens with zero attached hydrogens (tertiary/aromatic N) is 4. The summed E-state index contributed by atoms with van der Waals surface area (Å²) in [5.41, 5.74) is 0.811. The minimum atomic E-state index is -0.157. The highest BCUT2D eigenvalue weighted by molar-refractivity contribution is 7.18. The molecular formula is C19H23N5O2S. The molecule has 2 aromatic heterocycles. The first-order valence-corrected chi connectivity index (χ1v) is 9.93. The number of rotatable bonds is 4. The second-order valence-corrected chi connectivity index (χ2v) is 8.12. The number of piperidine rings is 1. The molecule has 1 unspecified atom stereocenters. The van der Waals surface area contributed by atoms with Crippen molar-refractivity contribution in [2.75, 3.05) is 39.0 Å². The fourth-order valence-electron chi connectivity index (χ4n) is 3.54. The highest BCUT2D eigenvalue weighted by Gasteiger charge is 2.21. The van der Waals surface area contributed by atoms with E-state index in [9.17, 15) is 4.79 Å². The van der Waals surface area contributed by atoms with E-state index < -0.39 is 0 Å². The normalized spacial score (nSPS) is 17.9. The van der Waals surface area contributed by atoms with E-state index in [0.717, 1.165) is 37.0 Å². The fraction of sp³-hybridized carbons (Fsp3) is 0.421. The van der Waals surface area contributed by atoms with Gasteiger partial charge in [0.2, 0.25) is 5.13 Å². The molecule has 0 saturated carbocycles. The molecule has 1 aliphatic rings. The van der Waals surface area contributed by atoms with E-state index in [1.54, 1.807) is 4.90 Å². The SMILES string of the molecule is CN1CCCC(CN(C)C(=O)Nc2nnc(-c3cc4ccccc4o3)s2)C1. The van der Waals surface area contributed by atoms with Gasteiger partial charge in [0, 0.05) is 25.5 Å². The van der Waals surface area contributed by atoms with E-state index in [1.165, 1.54) is 17.8 Å². The highest BCUT2D eigenvalue weighted by atomic mass is 32.1. The Morgan fingerprint density at radius 1 is 1.41 bits per heavy atom. The van der Waals surface area contributed by atoms with Crippen molar-refractivity contribution in [1.29, 1.82) is 0 Å². The quantitative estimate of drug-likeness (QED) is 0.740. The average molecular weight is 385 g/mol. The minimum Gasteiger partial charge on any atom is -0.453 e. The van der Waals surface area contributed by atoms with Crippen LogP contribution in [0, 0.1) is 5.92 Å². The first-order chi connectivity index (χ1) is 13.1. The topological polar surface area (TPSA) is 74.5 Å². The second-order valence-electron chi connectivity index (χ2n) is 7.14. The van der Waals surface area contributed by atoms with Gasteiger partial charge < -0.3 is 14.2 Å². The van der Waals surface area contributed by atoms with Gasteiger partial charge in [0.1, 0.15) is 5.58 Å². The smallest absolute Gasteiger partial charge is 0.323 e. The zero-order valence-corrected chi connectivity index (χ0v) is 16.3.